The van der Waals surface area contributed by atoms with E-state index in [0.29, 0.717) is 25.3 Å². The van der Waals surface area contributed by atoms with E-state index < -0.39 is 0 Å². The Morgan fingerprint density at radius 3 is 2.50 bits per heavy atom. The van der Waals surface area contributed by atoms with E-state index in [-0.39, 0.29) is 5.41 Å². The molecule has 30 heavy (non-hydrogen) atoms. The van der Waals surface area contributed by atoms with E-state index in [9.17, 15) is 0 Å². The van der Waals surface area contributed by atoms with Crippen LogP contribution in [-0.4, -0.2) is 62.8 Å². The Balaban J connectivity index is 1.38. The fourth-order valence-corrected chi connectivity index (χ4v) is 5.19. The summed E-state index contributed by atoms with van der Waals surface area (Å²) in [6.45, 7) is 9.06. The van der Waals surface area contributed by atoms with Gasteiger partial charge in [-0.3, -0.25) is 4.99 Å². The summed E-state index contributed by atoms with van der Waals surface area (Å²) < 4.78 is 11.6. The van der Waals surface area contributed by atoms with Crippen LogP contribution in [-0.2, 0) is 5.41 Å². The number of likely N-dealkylation sites (tertiary alicyclic amines) is 1. The van der Waals surface area contributed by atoms with Crippen molar-refractivity contribution in [3.63, 3.8) is 0 Å². The van der Waals surface area contributed by atoms with Crippen LogP contribution in [0.2, 0.25) is 0 Å². The third-order valence-corrected chi connectivity index (χ3v) is 7.13. The molecule has 166 valence electrons. The maximum absolute atomic E-state index is 5.86. The van der Waals surface area contributed by atoms with Crippen LogP contribution in [0, 0.1) is 0 Å². The summed E-state index contributed by atoms with van der Waals surface area (Å²) in [5, 5.41) is 7.34. The summed E-state index contributed by atoms with van der Waals surface area (Å²) in [5.41, 5.74) is 1.49. The van der Waals surface area contributed by atoms with Crippen molar-refractivity contribution < 1.29 is 9.47 Å². The third kappa shape index (κ3) is 4.69. The van der Waals surface area contributed by atoms with Gasteiger partial charge in [0, 0.05) is 44.2 Å². The van der Waals surface area contributed by atoms with Crippen molar-refractivity contribution in [2.24, 2.45) is 4.99 Å². The van der Waals surface area contributed by atoms with Gasteiger partial charge in [0.1, 0.15) is 13.2 Å². The van der Waals surface area contributed by atoms with E-state index >= 15 is 0 Å². The highest BCUT2D eigenvalue weighted by atomic mass is 16.6. The summed E-state index contributed by atoms with van der Waals surface area (Å²) in [5.74, 6) is 2.70. The Bertz CT molecular complexity index is 735. The first-order valence-corrected chi connectivity index (χ1v) is 11.7. The lowest BCUT2D eigenvalue weighted by atomic mass is 9.78. The van der Waals surface area contributed by atoms with E-state index in [1.54, 1.807) is 0 Å². The molecule has 6 nitrogen and oxygen atoms in total. The number of fused-ring (bicyclic) bond motifs is 1. The molecule has 6 heteroatoms. The van der Waals surface area contributed by atoms with Crippen LogP contribution in [0.1, 0.15) is 57.9 Å². The van der Waals surface area contributed by atoms with Crippen LogP contribution < -0.4 is 20.1 Å². The molecule has 1 saturated heterocycles. The zero-order valence-electron chi connectivity index (χ0n) is 18.9. The van der Waals surface area contributed by atoms with Crippen LogP contribution in [0.4, 0.5) is 0 Å². The summed E-state index contributed by atoms with van der Waals surface area (Å²) >= 11 is 0. The number of nitrogens with zero attached hydrogens (tertiary/aromatic N) is 2. The molecule has 2 N–H and O–H groups in total. The molecule has 0 atom stereocenters. The largest absolute Gasteiger partial charge is 0.486 e. The maximum atomic E-state index is 5.86. The lowest BCUT2D eigenvalue weighted by Crippen LogP contribution is -2.51. The highest BCUT2D eigenvalue weighted by molar-refractivity contribution is 5.80. The first kappa shape index (κ1) is 21.3. The van der Waals surface area contributed by atoms with Crippen molar-refractivity contribution in [3.05, 3.63) is 23.8 Å². The summed E-state index contributed by atoms with van der Waals surface area (Å²) in [6.07, 6.45) is 7.29. The minimum Gasteiger partial charge on any atom is -0.486 e. The Morgan fingerprint density at radius 1 is 1.13 bits per heavy atom. The van der Waals surface area contributed by atoms with Crippen molar-refractivity contribution in [2.45, 2.75) is 69.9 Å². The second-order valence-electron chi connectivity index (χ2n) is 9.32. The molecule has 0 radical (unpaired) electrons. The summed E-state index contributed by atoms with van der Waals surface area (Å²) in [6, 6.07) is 7.66. The molecule has 1 aromatic rings. The predicted molar refractivity (Wildman–Crippen MR) is 122 cm³/mol. The van der Waals surface area contributed by atoms with Gasteiger partial charge < -0.3 is 25.0 Å². The standard InChI is InChI=1S/C24H38N4O2/c1-18(2)28-12-8-20(9-13-28)27-23(25-3)26-17-24(10-4-5-11-24)19-6-7-21-22(16-19)30-15-14-29-21/h6-7,16,18,20H,4-5,8-15,17H2,1-3H3,(H2,25,26,27). The SMILES string of the molecule is CN=C(NCC1(c2ccc3c(c2)OCCO3)CCCC1)NC1CCN(C(C)C)CC1. The van der Waals surface area contributed by atoms with Gasteiger partial charge in [0.15, 0.2) is 17.5 Å². The minimum atomic E-state index is 0.133. The molecule has 1 saturated carbocycles. The van der Waals surface area contributed by atoms with Crippen molar-refractivity contribution in [1.29, 1.82) is 0 Å². The molecule has 2 aliphatic heterocycles. The Kier molecular flexibility index (Phi) is 6.71. The highest BCUT2D eigenvalue weighted by Crippen LogP contribution is 2.43. The lowest BCUT2D eigenvalue weighted by molar-refractivity contribution is 0.167. The number of rotatable bonds is 5. The van der Waals surface area contributed by atoms with E-state index in [2.05, 4.69) is 52.6 Å². The van der Waals surface area contributed by atoms with Crippen LogP contribution in [0.25, 0.3) is 0 Å². The molecular weight excluding hydrogens is 376 g/mol. The Hall–Kier alpha value is -1.95. The Morgan fingerprint density at radius 2 is 1.83 bits per heavy atom. The summed E-state index contributed by atoms with van der Waals surface area (Å²) in [4.78, 5) is 7.09. The van der Waals surface area contributed by atoms with Gasteiger partial charge in [-0.25, -0.2) is 0 Å². The highest BCUT2D eigenvalue weighted by Gasteiger charge is 2.36. The van der Waals surface area contributed by atoms with Gasteiger partial charge in [0.2, 0.25) is 0 Å². The van der Waals surface area contributed by atoms with Gasteiger partial charge in [-0.15, -0.1) is 0 Å². The van der Waals surface area contributed by atoms with Crippen LogP contribution >= 0.6 is 0 Å². The number of hydrogen-bond donors (Lipinski definition) is 2. The van der Waals surface area contributed by atoms with E-state index in [1.807, 2.05) is 7.05 Å². The lowest BCUT2D eigenvalue weighted by Gasteiger charge is -2.36. The maximum Gasteiger partial charge on any atom is 0.191 e. The molecule has 1 aliphatic carbocycles. The van der Waals surface area contributed by atoms with E-state index in [1.165, 1.54) is 44.1 Å². The number of guanidine groups is 1. The van der Waals surface area contributed by atoms with Crippen molar-refractivity contribution in [2.75, 3.05) is 39.9 Å². The van der Waals surface area contributed by atoms with Gasteiger partial charge in [-0.2, -0.15) is 0 Å². The smallest absolute Gasteiger partial charge is 0.191 e. The Labute approximate surface area is 181 Å². The van der Waals surface area contributed by atoms with Gasteiger partial charge in [-0.05, 0) is 57.2 Å². The fourth-order valence-electron chi connectivity index (χ4n) is 5.19. The van der Waals surface area contributed by atoms with Crippen molar-refractivity contribution in [1.82, 2.24) is 15.5 Å². The molecule has 0 unspecified atom stereocenters. The average Bonchev–Trinajstić information content (AvgIpc) is 3.27. The van der Waals surface area contributed by atoms with E-state index in [4.69, 9.17) is 9.47 Å². The first-order valence-electron chi connectivity index (χ1n) is 11.7. The summed E-state index contributed by atoms with van der Waals surface area (Å²) in [7, 11) is 1.88. The topological polar surface area (TPSA) is 58.1 Å². The molecule has 2 fully saturated rings. The molecule has 0 spiro atoms. The molecule has 0 bridgehead atoms. The van der Waals surface area contributed by atoms with Crippen LogP contribution in [0.3, 0.4) is 0 Å². The zero-order valence-corrected chi connectivity index (χ0v) is 18.9. The molecule has 1 aromatic carbocycles. The normalized spacial score (nSPS) is 22.3. The predicted octanol–water partition coefficient (Wildman–Crippen LogP) is 3.31. The first-order chi connectivity index (χ1) is 14.6. The molecule has 0 amide bonds. The number of piperidine rings is 1. The number of hydrogen-bond acceptors (Lipinski definition) is 4. The van der Waals surface area contributed by atoms with Gasteiger partial charge in [-0.1, -0.05) is 18.9 Å². The van der Waals surface area contributed by atoms with Gasteiger partial charge >= 0.3 is 0 Å². The fraction of sp³-hybridized carbons (Fsp3) is 0.708. The second-order valence-corrected chi connectivity index (χ2v) is 9.32. The second kappa shape index (κ2) is 9.46. The average molecular weight is 415 g/mol. The van der Waals surface area contributed by atoms with Crippen molar-refractivity contribution >= 4 is 5.96 Å². The van der Waals surface area contributed by atoms with E-state index in [0.717, 1.165) is 37.1 Å². The zero-order chi connectivity index (χ0) is 21.0. The molecule has 2 heterocycles. The molecule has 4 rings (SSSR count). The molecule has 0 aromatic heterocycles. The molecular formula is C24H38N4O2. The van der Waals surface area contributed by atoms with Crippen LogP contribution in [0.5, 0.6) is 11.5 Å². The van der Waals surface area contributed by atoms with Gasteiger partial charge in [0.05, 0.1) is 0 Å². The van der Waals surface area contributed by atoms with Crippen molar-refractivity contribution in [3.8, 4) is 11.5 Å². The quantitative estimate of drug-likeness (QED) is 0.572. The monoisotopic (exact) mass is 414 g/mol. The number of nitrogens with one attached hydrogen (secondary N) is 2. The number of benzene rings is 1. The van der Waals surface area contributed by atoms with Crippen LogP contribution in [0.15, 0.2) is 23.2 Å². The third-order valence-electron chi connectivity index (χ3n) is 7.13. The molecule has 3 aliphatic rings. The number of aliphatic imine (C=N–C) groups is 1. The number of ether oxygens (including phenoxy) is 2. The minimum absolute atomic E-state index is 0.133. The van der Waals surface area contributed by atoms with Gasteiger partial charge in [0.25, 0.3) is 0 Å².